The minimum absolute atomic E-state index is 0. The Labute approximate surface area is 511 Å². The van der Waals surface area contributed by atoms with Crippen LogP contribution in [0.3, 0.4) is 0 Å². The summed E-state index contributed by atoms with van der Waals surface area (Å²) >= 11 is 1.85. The van der Waals surface area contributed by atoms with Crippen LogP contribution in [-0.2, 0) is 48.1 Å². The summed E-state index contributed by atoms with van der Waals surface area (Å²) < 4.78 is 11.7. The van der Waals surface area contributed by atoms with Crippen molar-refractivity contribution < 1.29 is 25.8 Å². The first-order valence-corrected chi connectivity index (χ1v) is 29.9. The summed E-state index contributed by atoms with van der Waals surface area (Å²) in [5.74, 6) is 2.04. The first kappa shape index (κ1) is 57.8. The largest absolute Gasteiger partial charge is 0.509 e. The van der Waals surface area contributed by atoms with Crippen molar-refractivity contribution in [3.8, 4) is 39.6 Å². The van der Waals surface area contributed by atoms with Gasteiger partial charge in [0.15, 0.2) is 0 Å². The number of benzene rings is 8. The number of hydrogen-bond donors (Lipinski definition) is 0. The molecule has 426 valence electrons. The smallest absolute Gasteiger partial charge is 0.135 e. The van der Waals surface area contributed by atoms with E-state index in [1.165, 1.54) is 86.8 Å². The van der Waals surface area contributed by atoms with E-state index in [-0.39, 0.29) is 48.1 Å². The van der Waals surface area contributed by atoms with Crippen molar-refractivity contribution in [1.29, 1.82) is 0 Å². The van der Waals surface area contributed by atoms with Crippen molar-refractivity contribution in [2.24, 2.45) is 0 Å². The first-order valence-electron chi connectivity index (χ1n) is 29.1. The van der Waals surface area contributed by atoms with Gasteiger partial charge < -0.3 is 19.1 Å². The van der Waals surface area contributed by atoms with Gasteiger partial charge in [-0.3, -0.25) is 0 Å². The van der Waals surface area contributed by atoms with Gasteiger partial charge in [-0.1, -0.05) is 188 Å². The van der Waals surface area contributed by atoms with Crippen molar-refractivity contribution in [2.75, 3.05) is 9.80 Å². The Morgan fingerprint density at radius 3 is 1.59 bits per heavy atom. The third-order valence-corrected chi connectivity index (χ3v) is 17.9. The third-order valence-electron chi connectivity index (χ3n) is 16.7. The Bertz CT molecular complexity index is 4190. The molecule has 3 aromatic heterocycles. The van der Waals surface area contributed by atoms with E-state index in [2.05, 4.69) is 290 Å². The molecule has 1 aliphatic rings. The first-order chi connectivity index (χ1) is 38.6. The molecule has 0 saturated heterocycles. The molecule has 0 saturated carbocycles. The van der Waals surface area contributed by atoms with Crippen LogP contribution in [0, 0.1) is 32.6 Å². The molecule has 83 heavy (non-hydrogen) atoms. The van der Waals surface area contributed by atoms with E-state index in [0.717, 1.165) is 45.0 Å². The number of hydrogen-bond acceptors (Lipinski definition) is 5. The van der Waals surface area contributed by atoms with Crippen LogP contribution in [0.4, 0.5) is 22.7 Å². The Kier molecular flexibility index (Phi) is 14.4. The maximum Gasteiger partial charge on any atom is 0.135 e. The van der Waals surface area contributed by atoms with E-state index in [4.69, 9.17) is 9.72 Å². The maximum absolute atomic E-state index is 6.93. The molecular weight excluding hydrogens is 1210 g/mol. The van der Waals surface area contributed by atoms with Crippen molar-refractivity contribution in [1.82, 2.24) is 9.55 Å². The molecule has 5 nitrogen and oxygen atoms in total. The summed E-state index contributed by atoms with van der Waals surface area (Å²) in [6, 6.07) is 61.5. The number of pyridine rings is 1. The number of anilines is 4. The molecule has 0 spiro atoms. The molecule has 4 heterocycles. The number of rotatable bonds is 7. The van der Waals surface area contributed by atoms with E-state index in [1.54, 1.807) is 0 Å². The molecule has 0 bridgehead atoms. The average molecular weight is 1290 g/mol. The molecule has 12 rings (SSSR count). The monoisotopic (exact) mass is 1290 g/mol. The zero-order chi connectivity index (χ0) is 58.2. The topological polar surface area (TPSA) is 33.5 Å². The van der Waals surface area contributed by atoms with Gasteiger partial charge in [-0.2, -0.15) is 12.1 Å². The molecule has 0 atom stereocenters. The zero-order valence-corrected chi connectivity index (χ0v) is 54.5. The Hall–Kier alpha value is -6.98. The van der Waals surface area contributed by atoms with E-state index in [0.29, 0.717) is 11.5 Å². The normalized spacial score (nSPS) is 13.4. The van der Waals surface area contributed by atoms with E-state index in [1.807, 2.05) is 23.6 Å². The van der Waals surface area contributed by atoms with Gasteiger partial charge in [0, 0.05) is 92.6 Å². The summed E-state index contributed by atoms with van der Waals surface area (Å²) in [6.45, 7) is 41.6. The van der Waals surface area contributed by atoms with E-state index < -0.39 is 0 Å². The average Bonchev–Trinajstić information content (AvgIpc) is 1.77. The third kappa shape index (κ3) is 10.5. The van der Waals surface area contributed by atoms with Crippen LogP contribution in [-0.4, -0.2) is 9.55 Å². The predicted octanol–water partition coefficient (Wildman–Crippen LogP) is 21.8. The molecule has 0 radical (unpaired) electrons. The van der Waals surface area contributed by atoms with Crippen LogP contribution in [0.2, 0.25) is 0 Å². The van der Waals surface area contributed by atoms with Crippen molar-refractivity contribution in [3.05, 3.63) is 210 Å². The summed E-state index contributed by atoms with van der Waals surface area (Å²) in [6.07, 6.45) is 1.93. The number of fused-ring (bicyclic) bond motifs is 8. The fourth-order valence-electron chi connectivity index (χ4n) is 11.9. The quantitative estimate of drug-likeness (QED) is 0.149. The SMILES string of the molecule is Cc1cc(C)c(-c2cc(C(C)(C)C)cc(C(C)(C)C)c2)c(N2[CH-]N(c3[c-]c(Oc4[c-]c5c(cc4)c4c6sc7ccccc7c6ccc4n5-c4cc(C(C)(C)C)ccn4)ccc3)c3ccccc32)c1-c1cc(C(C)(C)C)cc(C(C)(C)C)c1.[Pt]. The van der Waals surface area contributed by atoms with Gasteiger partial charge in [-0.05, 0) is 133 Å². The second-order valence-electron chi connectivity index (χ2n) is 28.1. The Balaban J connectivity index is 0.00000721. The standard InChI is InChI=1S/C76H77N4OS.Pt/c1-46-35-47(2)68(49-38-53(75(12,13)14)41-54(39-49)76(15,16)17)70(67(46)48-36-51(73(6,7)8)40-52(37-48)74(9,10)11)79-45-78(61-26-19-20-27-62(61)79)55-23-22-24-56(43-55)81-57-29-30-60-64(44-57)80(66-42-50(33-34-77-66)72(3,4)5)63-32-31-59-58-25-18-21-28-65(58)82-71(59)69(60)63;/h18-42,45H,1-17H3;/q-3;. The number of aryl methyl sites for hydroxylation is 2. The summed E-state index contributed by atoms with van der Waals surface area (Å²) in [4.78, 5) is 9.76. The zero-order valence-electron chi connectivity index (χ0n) is 51.4. The van der Waals surface area contributed by atoms with Crippen LogP contribution in [0.15, 0.2) is 152 Å². The van der Waals surface area contributed by atoms with E-state index in [9.17, 15) is 0 Å². The van der Waals surface area contributed by atoms with Crippen LogP contribution in [0.25, 0.3) is 70.0 Å². The second-order valence-corrected chi connectivity index (χ2v) is 29.1. The fourth-order valence-corrected chi connectivity index (χ4v) is 13.2. The second kappa shape index (κ2) is 20.7. The Morgan fingerprint density at radius 1 is 0.482 bits per heavy atom. The van der Waals surface area contributed by atoms with Gasteiger partial charge in [-0.15, -0.1) is 59.4 Å². The van der Waals surface area contributed by atoms with Gasteiger partial charge in [-0.25, -0.2) is 4.98 Å². The molecule has 7 heteroatoms. The summed E-state index contributed by atoms with van der Waals surface area (Å²) in [5.41, 5.74) is 19.7. The van der Waals surface area contributed by atoms with Gasteiger partial charge in [0.25, 0.3) is 0 Å². The molecule has 0 unspecified atom stereocenters. The van der Waals surface area contributed by atoms with Crippen LogP contribution >= 0.6 is 11.3 Å². The molecule has 11 aromatic rings. The Morgan fingerprint density at radius 2 is 1.01 bits per heavy atom. The van der Waals surface area contributed by atoms with Crippen LogP contribution in [0.5, 0.6) is 11.5 Å². The summed E-state index contributed by atoms with van der Waals surface area (Å²) in [7, 11) is 0. The van der Waals surface area contributed by atoms with Gasteiger partial charge in [0.2, 0.25) is 0 Å². The van der Waals surface area contributed by atoms with Gasteiger partial charge in [0.05, 0.1) is 0 Å². The number of aromatic nitrogens is 2. The van der Waals surface area contributed by atoms with Crippen LogP contribution in [0.1, 0.15) is 143 Å². The minimum atomic E-state index is -0.0735. The molecule has 0 N–H and O–H groups in total. The van der Waals surface area contributed by atoms with Crippen molar-refractivity contribution >= 4 is 76.1 Å². The fraction of sp³-hybridized carbons (Fsp3) is 0.289. The van der Waals surface area contributed by atoms with Gasteiger partial charge in [0.1, 0.15) is 5.82 Å². The molecule has 0 amide bonds. The summed E-state index contributed by atoms with van der Waals surface area (Å²) in [5, 5.41) is 4.83. The molecule has 0 aliphatic carbocycles. The predicted molar refractivity (Wildman–Crippen MR) is 351 cm³/mol. The molecule has 1 aliphatic heterocycles. The molecule has 0 fully saturated rings. The maximum atomic E-state index is 6.93. The minimum Gasteiger partial charge on any atom is -0.509 e. The number of para-hydroxylation sites is 2. The number of thiophene rings is 1. The number of ether oxygens (including phenoxy) is 1. The van der Waals surface area contributed by atoms with Crippen molar-refractivity contribution in [3.63, 3.8) is 0 Å². The number of nitrogens with zero attached hydrogens (tertiary/aromatic N) is 4. The van der Waals surface area contributed by atoms with Crippen LogP contribution < -0.4 is 14.5 Å². The molecular formula is C76H77N4OPtS-3. The molecule has 8 aromatic carbocycles. The van der Waals surface area contributed by atoms with Crippen molar-refractivity contribution in [2.45, 2.75) is 145 Å². The van der Waals surface area contributed by atoms with E-state index >= 15 is 0 Å². The van der Waals surface area contributed by atoms with Gasteiger partial charge >= 0.3 is 0 Å².